The van der Waals surface area contributed by atoms with Gasteiger partial charge in [-0.3, -0.25) is 0 Å². The highest BCUT2D eigenvalue weighted by atomic mass is 35.5. The van der Waals surface area contributed by atoms with E-state index in [9.17, 15) is 0 Å². The molecule has 90 valence electrons. The van der Waals surface area contributed by atoms with E-state index in [2.05, 4.69) is 20.3 Å². The van der Waals surface area contributed by atoms with E-state index < -0.39 is 0 Å². The molecule has 0 aromatic carbocycles. The van der Waals surface area contributed by atoms with Crippen molar-refractivity contribution >= 4 is 28.8 Å². The summed E-state index contributed by atoms with van der Waals surface area (Å²) in [5, 5.41) is 4.57. The topological polar surface area (TPSA) is 50.7 Å². The molecule has 2 rings (SSSR count). The molecule has 0 aliphatic heterocycles. The van der Waals surface area contributed by atoms with Crippen molar-refractivity contribution in [2.24, 2.45) is 0 Å². The molecule has 4 nitrogen and oxygen atoms in total. The van der Waals surface area contributed by atoms with Crippen LogP contribution >= 0.6 is 22.9 Å². The van der Waals surface area contributed by atoms with Crippen molar-refractivity contribution in [3.05, 3.63) is 32.6 Å². The molecule has 0 amide bonds. The second-order valence-corrected chi connectivity index (χ2v) is 5.43. The minimum Gasteiger partial charge on any atom is -0.361 e. The molecule has 0 saturated carbocycles. The van der Waals surface area contributed by atoms with E-state index in [-0.39, 0.29) is 0 Å². The van der Waals surface area contributed by atoms with Crippen molar-refractivity contribution in [3.63, 3.8) is 0 Å². The Morgan fingerprint density at radius 1 is 1.24 bits per heavy atom. The monoisotopic (exact) mass is 268 g/mol. The van der Waals surface area contributed by atoms with E-state index in [1.165, 1.54) is 4.88 Å². The van der Waals surface area contributed by atoms with Crippen LogP contribution in [0.3, 0.4) is 0 Å². The molecule has 0 atom stereocenters. The fourth-order valence-corrected chi connectivity index (χ4v) is 2.29. The lowest BCUT2D eigenvalue weighted by Crippen LogP contribution is -2.05. The minimum atomic E-state index is 0.404. The summed E-state index contributed by atoms with van der Waals surface area (Å²) in [5.41, 5.74) is 1.73. The number of aromatic nitrogens is 3. The molecule has 0 aliphatic rings. The van der Waals surface area contributed by atoms with Crippen LogP contribution in [0.4, 0.5) is 5.82 Å². The summed E-state index contributed by atoms with van der Waals surface area (Å²) >= 11 is 7.68. The zero-order chi connectivity index (χ0) is 12.4. The fraction of sp³-hybridized carbons (Fsp3) is 0.364. The molecule has 0 radical (unpaired) electrons. The Bertz CT molecular complexity index is 538. The van der Waals surface area contributed by atoms with E-state index in [4.69, 9.17) is 11.6 Å². The zero-order valence-corrected chi connectivity index (χ0v) is 11.5. The van der Waals surface area contributed by atoms with Crippen LogP contribution in [-0.2, 0) is 6.54 Å². The Morgan fingerprint density at radius 3 is 2.59 bits per heavy atom. The van der Waals surface area contributed by atoms with Crippen LogP contribution < -0.4 is 5.32 Å². The standard InChI is InChI=1S/C11H13ClN4S/c1-6-4-13-9(17-6)5-14-11-10(12)15-7(2)8(3)16-11/h4H,5H2,1-3H3,(H,14,16). The molecule has 6 heteroatoms. The Labute approximate surface area is 109 Å². The summed E-state index contributed by atoms with van der Waals surface area (Å²) < 4.78 is 0. The molecule has 0 fully saturated rings. The highest BCUT2D eigenvalue weighted by Crippen LogP contribution is 2.20. The largest absolute Gasteiger partial charge is 0.361 e. The van der Waals surface area contributed by atoms with Crippen molar-refractivity contribution in [3.8, 4) is 0 Å². The number of hydrogen-bond acceptors (Lipinski definition) is 5. The molecule has 0 saturated heterocycles. The molecular formula is C11H13ClN4S. The Morgan fingerprint density at radius 2 is 1.94 bits per heavy atom. The minimum absolute atomic E-state index is 0.404. The Hall–Kier alpha value is -1.20. The van der Waals surface area contributed by atoms with Crippen LogP contribution in [0.1, 0.15) is 21.3 Å². The number of rotatable bonds is 3. The predicted octanol–water partition coefficient (Wildman–Crippen LogP) is 3.12. The van der Waals surface area contributed by atoms with Gasteiger partial charge in [0.05, 0.1) is 17.9 Å². The molecule has 0 aliphatic carbocycles. The van der Waals surface area contributed by atoms with Gasteiger partial charge in [0.2, 0.25) is 0 Å². The first-order valence-electron chi connectivity index (χ1n) is 5.22. The molecule has 0 bridgehead atoms. The summed E-state index contributed by atoms with van der Waals surface area (Å²) in [7, 11) is 0. The molecule has 2 aromatic heterocycles. The number of thiazole rings is 1. The number of halogens is 1. The van der Waals surface area contributed by atoms with Gasteiger partial charge in [-0.1, -0.05) is 11.6 Å². The summed E-state index contributed by atoms with van der Waals surface area (Å²) in [6.07, 6.45) is 1.86. The van der Waals surface area contributed by atoms with E-state index in [0.717, 1.165) is 16.4 Å². The average molecular weight is 269 g/mol. The van der Waals surface area contributed by atoms with Gasteiger partial charge >= 0.3 is 0 Å². The second-order valence-electron chi connectivity index (χ2n) is 3.75. The van der Waals surface area contributed by atoms with Crippen molar-refractivity contribution in [1.82, 2.24) is 15.0 Å². The third-order valence-corrected chi connectivity index (χ3v) is 3.52. The van der Waals surface area contributed by atoms with Gasteiger partial charge in [-0.15, -0.1) is 11.3 Å². The van der Waals surface area contributed by atoms with Crippen LogP contribution in [0.25, 0.3) is 0 Å². The SMILES string of the molecule is Cc1cnc(CNc2nc(C)c(C)nc2Cl)s1. The predicted molar refractivity (Wildman–Crippen MR) is 70.7 cm³/mol. The van der Waals surface area contributed by atoms with Gasteiger partial charge in [0.1, 0.15) is 5.01 Å². The van der Waals surface area contributed by atoms with Crippen LogP contribution in [0.15, 0.2) is 6.20 Å². The summed E-state index contributed by atoms with van der Waals surface area (Å²) in [5.74, 6) is 0.614. The molecule has 17 heavy (non-hydrogen) atoms. The van der Waals surface area contributed by atoms with Crippen LogP contribution in [-0.4, -0.2) is 15.0 Å². The number of hydrogen-bond donors (Lipinski definition) is 1. The highest BCUT2D eigenvalue weighted by Gasteiger charge is 2.07. The van der Waals surface area contributed by atoms with E-state index in [1.807, 2.05) is 27.0 Å². The van der Waals surface area contributed by atoms with Crippen molar-refractivity contribution < 1.29 is 0 Å². The van der Waals surface area contributed by atoms with Crippen LogP contribution in [0.5, 0.6) is 0 Å². The lowest BCUT2D eigenvalue weighted by atomic mass is 10.3. The number of aryl methyl sites for hydroxylation is 3. The Balaban J connectivity index is 2.11. The second kappa shape index (κ2) is 4.98. The first-order valence-corrected chi connectivity index (χ1v) is 6.41. The molecule has 0 unspecified atom stereocenters. The van der Waals surface area contributed by atoms with E-state index >= 15 is 0 Å². The van der Waals surface area contributed by atoms with Crippen molar-refractivity contribution in [2.45, 2.75) is 27.3 Å². The van der Waals surface area contributed by atoms with Gasteiger partial charge in [0, 0.05) is 11.1 Å². The fourth-order valence-electron chi connectivity index (χ4n) is 1.33. The maximum absolute atomic E-state index is 6.02. The number of nitrogens with one attached hydrogen (secondary N) is 1. The first-order chi connectivity index (χ1) is 8.06. The van der Waals surface area contributed by atoms with E-state index in [0.29, 0.717) is 17.5 Å². The van der Waals surface area contributed by atoms with Gasteiger partial charge in [-0.25, -0.2) is 15.0 Å². The smallest absolute Gasteiger partial charge is 0.171 e. The van der Waals surface area contributed by atoms with Gasteiger partial charge in [-0.2, -0.15) is 0 Å². The highest BCUT2D eigenvalue weighted by molar-refractivity contribution is 7.11. The zero-order valence-electron chi connectivity index (χ0n) is 9.91. The van der Waals surface area contributed by atoms with Crippen LogP contribution in [0.2, 0.25) is 5.15 Å². The van der Waals surface area contributed by atoms with Gasteiger partial charge in [-0.05, 0) is 20.8 Å². The Kier molecular flexibility index (Phi) is 3.59. The maximum Gasteiger partial charge on any atom is 0.171 e. The lowest BCUT2D eigenvalue weighted by molar-refractivity contribution is 1.01. The molecule has 2 heterocycles. The molecule has 2 aromatic rings. The third kappa shape index (κ3) is 2.92. The van der Waals surface area contributed by atoms with Crippen LogP contribution in [0, 0.1) is 20.8 Å². The molecular weight excluding hydrogens is 256 g/mol. The third-order valence-electron chi connectivity index (χ3n) is 2.34. The van der Waals surface area contributed by atoms with Gasteiger partial charge < -0.3 is 5.32 Å². The summed E-state index contributed by atoms with van der Waals surface area (Å²) in [6.45, 7) is 6.46. The van der Waals surface area contributed by atoms with Crippen molar-refractivity contribution in [2.75, 3.05) is 5.32 Å². The number of nitrogens with zero attached hydrogens (tertiary/aromatic N) is 3. The van der Waals surface area contributed by atoms with Crippen molar-refractivity contribution in [1.29, 1.82) is 0 Å². The first kappa shape index (κ1) is 12.3. The number of anilines is 1. The molecule has 0 spiro atoms. The van der Waals surface area contributed by atoms with Gasteiger partial charge in [0.25, 0.3) is 0 Å². The van der Waals surface area contributed by atoms with E-state index in [1.54, 1.807) is 11.3 Å². The summed E-state index contributed by atoms with van der Waals surface area (Å²) in [4.78, 5) is 14.0. The average Bonchev–Trinajstić information content (AvgIpc) is 2.68. The van der Waals surface area contributed by atoms with Gasteiger partial charge in [0.15, 0.2) is 11.0 Å². The quantitative estimate of drug-likeness (QED) is 0.929. The molecule has 1 N–H and O–H groups in total. The normalized spacial score (nSPS) is 10.6. The summed E-state index contributed by atoms with van der Waals surface area (Å²) in [6, 6.07) is 0. The lowest BCUT2D eigenvalue weighted by Gasteiger charge is -2.07. The maximum atomic E-state index is 6.02.